The summed E-state index contributed by atoms with van der Waals surface area (Å²) >= 11 is 1.87. The first-order valence-corrected chi connectivity index (χ1v) is 9.78. The summed E-state index contributed by atoms with van der Waals surface area (Å²) in [6.45, 7) is 3.18. The topological polar surface area (TPSA) is 7.12 Å². The Morgan fingerprint density at radius 1 is 0.926 bits per heavy atom. The van der Waals surface area contributed by atoms with Crippen molar-refractivity contribution in [2.45, 2.75) is 13.5 Å². The van der Waals surface area contributed by atoms with Gasteiger partial charge >= 0.3 is 0 Å². The van der Waals surface area contributed by atoms with E-state index in [-0.39, 0.29) is 24.0 Å². The highest BCUT2D eigenvalue weighted by Crippen LogP contribution is 2.30. The van der Waals surface area contributed by atoms with Gasteiger partial charge in [-0.25, -0.2) is 0 Å². The Bertz CT molecular complexity index is 1090. The maximum atomic E-state index is 2.40. The van der Waals surface area contributed by atoms with Crippen LogP contribution >= 0.6 is 11.3 Å². The van der Waals surface area contributed by atoms with Gasteiger partial charge in [-0.3, -0.25) is 0 Å². The zero-order chi connectivity index (χ0) is 18.1. The van der Waals surface area contributed by atoms with E-state index in [0.717, 1.165) is 6.54 Å². The number of rotatable bonds is 4. The molecular weight excluding hydrogens is 463 g/mol. The van der Waals surface area contributed by atoms with Gasteiger partial charge in [0.25, 0.3) is 5.01 Å². The molecule has 0 radical (unpaired) electrons. The summed E-state index contributed by atoms with van der Waals surface area (Å²) in [5.41, 5.74) is 3.76. The van der Waals surface area contributed by atoms with Crippen LogP contribution in [0.5, 0.6) is 0 Å². The predicted octanol–water partition coefficient (Wildman–Crippen LogP) is 2.60. The van der Waals surface area contributed by atoms with Gasteiger partial charge in [0, 0.05) is 37.3 Å². The third kappa shape index (κ3) is 3.87. The minimum atomic E-state index is 0. The van der Waals surface area contributed by atoms with Crippen molar-refractivity contribution in [3.8, 4) is 0 Å². The van der Waals surface area contributed by atoms with Crippen LogP contribution in [0.1, 0.15) is 17.5 Å². The lowest BCUT2D eigenvalue weighted by Gasteiger charge is -2.11. The summed E-state index contributed by atoms with van der Waals surface area (Å²) in [7, 11) is 4.13. The summed E-state index contributed by atoms with van der Waals surface area (Å²) in [5, 5.41) is 3.93. The average molecular weight is 486 g/mol. The molecule has 0 atom stereocenters. The van der Waals surface area contributed by atoms with Crippen LogP contribution in [-0.2, 0) is 6.54 Å². The zero-order valence-corrected chi connectivity index (χ0v) is 18.8. The number of aromatic nitrogens is 1. The third-order valence-electron chi connectivity index (χ3n) is 4.77. The van der Waals surface area contributed by atoms with Crippen molar-refractivity contribution < 1.29 is 28.5 Å². The van der Waals surface area contributed by atoms with E-state index in [1.54, 1.807) is 0 Å². The molecule has 0 aliphatic rings. The Balaban J connectivity index is 0.00000210. The van der Waals surface area contributed by atoms with Crippen LogP contribution in [0.3, 0.4) is 0 Å². The van der Waals surface area contributed by atoms with Crippen LogP contribution in [0.4, 0.5) is 5.69 Å². The summed E-state index contributed by atoms with van der Waals surface area (Å²) in [4.78, 5) is 2.12. The van der Waals surface area contributed by atoms with Crippen LogP contribution in [0, 0.1) is 0 Å². The fourth-order valence-corrected chi connectivity index (χ4v) is 4.59. The first-order chi connectivity index (χ1) is 12.7. The third-order valence-corrected chi connectivity index (χ3v) is 5.97. The average Bonchev–Trinajstić information content (AvgIpc) is 3.04. The molecule has 27 heavy (non-hydrogen) atoms. The van der Waals surface area contributed by atoms with Gasteiger partial charge in [0.2, 0.25) is 5.52 Å². The maximum Gasteiger partial charge on any atom is 0.262 e. The molecule has 0 saturated heterocycles. The van der Waals surface area contributed by atoms with Crippen molar-refractivity contribution in [2.24, 2.45) is 0 Å². The fraction of sp³-hybridized carbons (Fsp3) is 0.174. The van der Waals surface area contributed by atoms with E-state index in [9.17, 15) is 0 Å². The Hall–Kier alpha value is -1.92. The molecule has 0 aliphatic carbocycles. The molecule has 0 N–H and O–H groups in total. The molecule has 4 heteroatoms. The lowest BCUT2D eigenvalue weighted by atomic mass is 10.1. The second-order valence-electron chi connectivity index (χ2n) is 6.64. The van der Waals surface area contributed by atoms with E-state index in [2.05, 4.69) is 103 Å². The molecule has 0 bridgehead atoms. The summed E-state index contributed by atoms with van der Waals surface area (Å²) in [5.74, 6) is 0. The van der Waals surface area contributed by atoms with Crippen LogP contribution < -0.4 is 33.4 Å². The number of hydrogen-bond acceptors (Lipinski definition) is 2. The van der Waals surface area contributed by atoms with Crippen molar-refractivity contribution in [1.82, 2.24) is 0 Å². The number of hydrogen-bond donors (Lipinski definition) is 0. The van der Waals surface area contributed by atoms with Crippen molar-refractivity contribution >= 4 is 50.2 Å². The summed E-state index contributed by atoms with van der Waals surface area (Å²) in [6.07, 6.45) is 4.45. The molecular formula is C23H23IN2S. The first kappa shape index (κ1) is 19.8. The number of halogens is 1. The number of aryl methyl sites for hydroxylation is 1. The van der Waals surface area contributed by atoms with Crippen LogP contribution in [0.15, 0.2) is 60.7 Å². The van der Waals surface area contributed by atoms with E-state index < -0.39 is 0 Å². The van der Waals surface area contributed by atoms with Crippen molar-refractivity contribution in [3.63, 3.8) is 0 Å². The molecule has 0 saturated carbocycles. The largest absolute Gasteiger partial charge is 1.00 e. The van der Waals surface area contributed by atoms with E-state index in [0.29, 0.717) is 0 Å². The lowest BCUT2D eigenvalue weighted by Crippen LogP contribution is -3.00. The Morgan fingerprint density at radius 2 is 1.67 bits per heavy atom. The number of thiazole rings is 1. The van der Waals surface area contributed by atoms with Crippen LogP contribution in [0.2, 0.25) is 0 Å². The van der Waals surface area contributed by atoms with Gasteiger partial charge in [0.1, 0.15) is 11.2 Å². The smallest absolute Gasteiger partial charge is 0.262 e. The normalized spacial score (nSPS) is 11.2. The second-order valence-corrected chi connectivity index (χ2v) is 7.67. The van der Waals surface area contributed by atoms with Crippen molar-refractivity contribution in [3.05, 3.63) is 71.2 Å². The summed E-state index contributed by atoms with van der Waals surface area (Å²) in [6, 6.07) is 21.8. The predicted molar refractivity (Wildman–Crippen MR) is 115 cm³/mol. The van der Waals surface area contributed by atoms with E-state index in [1.807, 2.05) is 11.3 Å². The van der Waals surface area contributed by atoms with Gasteiger partial charge in [-0.1, -0.05) is 47.7 Å². The SMILES string of the molecule is CC[n+]1c(/C=C/c2ccc(N(C)C)cc2)sc2c3ccccc3ccc21.[I-]. The molecule has 138 valence electrons. The van der Waals surface area contributed by atoms with Gasteiger partial charge in [0.05, 0.1) is 0 Å². The molecule has 1 aromatic heterocycles. The van der Waals surface area contributed by atoms with Crippen molar-refractivity contribution in [2.75, 3.05) is 19.0 Å². The number of nitrogens with zero attached hydrogens (tertiary/aromatic N) is 2. The Labute approximate surface area is 181 Å². The van der Waals surface area contributed by atoms with Gasteiger partial charge < -0.3 is 28.9 Å². The quantitative estimate of drug-likeness (QED) is 0.318. The fourth-order valence-electron chi connectivity index (χ4n) is 3.33. The van der Waals surface area contributed by atoms with E-state index in [4.69, 9.17) is 0 Å². The number of fused-ring (bicyclic) bond motifs is 3. The lowest BCUT2D eigenvalue weighted by molar-refractivity contribution is -0.665. The minimum absolute atomic E-state index is 0. The molecule has 2 nitrogen and oxygen atoms in total. The van der Waals surface area contributed by atoms with Gasteiger partial charge in [-0.2, -0.15) is 4.57 Å². The van der Waals surface area contributed by atoms with E-state index in [1.165, 1.54) is 37.2 Å². The molecule has 0 unspecified atom stereocenters. The number of benzene rings is 3. The first-order valence-electron chi connectivity index (χ1n) is 8.97. The molecule has 4 rings (SSSR count). The Morgan fingerprint density at radius 3 is 2.37 bits per heavy atom. The number of anilines is 1. The van der Waals surface area contributed by atoms with Gasteiger partial charge in [-0.15, -0.1) is 0 Å². The maximum absolute atomic E-state index is 2.40. The second kappa shape index (κ2) is 8.40. The molecule has 0 fully saturated rings. The zero-order valence-electron chi connectivity index (χ0n) is 15.8. The Kier molecular flexibility index (Phi) is 6.17. The minimum Gasteiger partial charge on any atom is -1.00 e. The van der Waals surface area contributed by atoms with Crippen LogP contribution in [0.25, 0.3) is 33.1 Å². The molecule has 4 aromatic rings. The molecule has 0 amide bonds. The summed E-state index contributed by atoms with van der Waals surface area (Å²) < 4.78 is 3.77. The van der Waals surface area contributed by atoms with Gasteiger partial charge in [-0.05, 0) is 42.1 Å². The highest BCUT2D eigenvalue weighted by atomic mass is 127. The van der Waals surface area contributed by atoms with Gasteiger partial charge in [0.15, 0.2) is 0 Å². The molecule has 3 aromatic carbocycles. The van der Waals surface area contributed by atoms with E-state index >= 15 is 0 Å². The van der Waals surface area contributed by atoms with Crippen LogP contribution in [-0.4, -0.2) is 14.1 Å². The highest BCUT2D eigenvalue weighted by molar-refractivity contribution is 7.19. The standard InChI is InChI=1S/C23H23N2S.HI/c1-4-25-21-15-12-18-7-5-6-8-20(18)23(21)26-22(25)16-11-17-9-13-19(14-10-17)24(2)3;/h5-16H,4H2,1-3H3;1H/q+1;/p-1. The molecule has 0 spiro atoms. The molecule has 0 aliphatic heterocycles. The monoisotopic (exact) mass is 486 g/mol. The highest BCUT2D eigenvalue weighted by Gasteiger charge is 2.18. The molecule has 1 heterocycles. The van der Waals surface area contributed by atoms with Crippen molar-refractivity contribution in [1.29, 1.82) is 0 Å².